The van der Waals surface area contributed by atoms with E-state index >= 15 is 0 Å². The Morgan fingerprint density at radius 1 is 0.743 bits per heavy atom. The van der Waals surface area contributed by atoms with E-state index < -0.39 is 15.1 Å². The fourth-order valence-electron chi connectivity index (χ4n) is 3.86. The topological polar surface area (TPSA) is 34.1 Å². The highest BCUT2D eigenvalue weighted by Gasteiger charge is 2.25. The van der Waals surface area contributed by atoms with Gasteiger partial charge in [0.15, 0.2) is 9.84 Å². The summed E-state index contributed by atoms with van der Waals surface area (Å²) in [6.07, 6.45) is 17.3. The number of alkyl halides is 1. The Hall–Kier alpha value is -1.65. The summed E-state index contributed by atoms with van der Waals surface area (Å²) in [4.78, 5) is 0.396. The van der Waals surface area contributed by atoms with Gasteiger partial charge in [-0.3, -0.25) is 0 Å². The van der Waals surface area contributed by atoms with Gasteiger partial charge in [-0.2, -0.15) is 0 Å². The van der Waals surface area contributed by atoms with Gasteiger partial charge >= 0.3 is 0 Å². The lowest BCUT2D eigenvalue weighted by atomic mass is 10.0. The van der Waals surface area contributed by atoms with E-state index in [0.29, 0.717) is 11.3 Å². The van der Waals surface area contributed by atoms with E-state index in [0.717, 1.165) is 55.0 Å². The van der Waals surface area contributed by atoms with Crippen LogP contribution in [-0.2, 0) is 9.84 Å². The quantitative estimate of drug-likeness (QED) is 0.158. The number of halogens is 1. The molecule has 1 aromatic rings. The van der Waals surface area contributed by atoms with Crippen LogP contribution in [0.25, 0.3) is 0 Å². The molecular weight excluding hydrogens is 516 g/mol. The van der Waals surface area contributed by atoms with Crippen molar-refractivity contribution < 1.29 is 8.42 Å². The molecule has 1 atom stereocenters. The Labute approximate surface area is 224 Å². The van der Waals surface area contributed by atoms with Crippen molar-refractivity contribution in [1.29, 1.82) is 0 Å². The van der Waals surface area contributed by atoms with E-state index in [9.17, 15) is 8.42 Å². The summed E-state index contributed by atoms with van der Waals surface area (Å²) in [7, 11) is -3.46. The van der Waals surface area contributed by atoms with Crippen LogP contribution in [0.1, 0.15) is 86.5 Å². The van der Waals surface area contributed by atoms with Crippen molar-refractivity contribution >= 4 is 25.8 Å². The summed E-state index contributed by atoms with van der Waals surface area (Å²) in [5.41, 5.74) is 6.36. The summed E-state index contributed by atoms with van der Waals surface area (Å²) >= 11 is 3.44. The molecule has 1 aromatic carbocycles. The number of sulfone groups is 1. The Bertz CT molecular complexity index is 1020. The van der Waals surface area contributed by atoms with Gasteiger partial charge in [0.05, 0.1) is 10.1 Å². The van der Waals surface area contributed by atoms with Crippen molar-refractivity contribution in [2.24, 2.45) is 0 Å². The zero-order valence-electron chi connectivity index (χ0n) is 22.6. The predicted molar refractivity (Wildman–Crippen MR) is 158 cm³/mol. The first-order valence-corrected chi connectivity index (χ1v) is 15.4. The molecule has 0 radical (unpaired) electrons. The summed E-state index contributed by atoms with van der Waals surface area (Å²) in [6, 6.07) is 8.86. The number of allylic oxidation sites excluding steroid dienone is 9. The van der Waals surface area contributed by atoms with Gasteiger partial charge < -0.3 is 0 Å². The van der Waals surface area contributed by atoms with Crippen LogP contribution in [0.5, 0.6) is 0 Å². The third-order valence-corrected chi connectivity index (χ3v) is 8.40. The van der Waals surface area contributed by atoms with Gasteiger partial charge in [0, 0.05) is 5.33 Å². The first-order valence-electron chi connectivity index (χ1n) is 12.7. The predicted octanol–water partition coefficient (Wildman–Crippen LogP) is 9.71. The first-order chi connectivity index (χ1) is 16.6. The van der Waals surface area contributed by atoms with Crippen LogP contribution >= 0.6 is 15.9 Å². The largest absolute Gasteiger partial charge is 0.223 e. The molecule has 35 heavy (non-hydrogen) atoms. The van der Waals surface area contributed by atoms with Crippen LogP contribution in [0.3, 0.4) is 0 Å². The van der Waals surface area contributed by atoms with E-state index in [-0.39, 0.29) is 0 Å². The van der Waals surface area contributed by atoms with Crippen LogP contribution in [0.4, 0.5) is 0 Å². The van der Waals surface area contributed by atoms with Gasteiger partial charge in [-0.25, -0.2) is 8.42 Å². The summed E-state index contributed by atoms with van der Waals surface area (Å²) < 4.78 is 27.0. The van der Waals surface area contributed by atoms with E-state index in [2.05, 4.69) is 81.8 Å². The van der Waals surface area contributed by atoms with Crippen molar-refractivity contribution in [1.82, 2.24) is 0 Å². The number of benzene rings is 1. The highest BCUT2D eigenvalue weighted by Crippen LogP contribution is 2.25. The molecule has 0 N–H and O–H groups in total. The standard InChI is InChI=1S/C31H45BrO2S/c1-25(2)13-10-14-26(3)15-11-17-28(5)23-31(35(33,34)30-19-8-7-9-20-30)24-29(6)18-12-16-27(4)21-22-32/h7-9,13,15,18-21,23,31H,10-12,14,16-17,22,24H2,1-6H3/b26-15+,27-21+,28-23+,29-18+. The van der Waals surface area contributed by atoms with Gasteiger partial charge in [0.2, 0.25) is 0 Å². The van der Waals surface area contributed by atoms with Crippen molar-refractivity contribution in [3.8, 4) is 0 Å². The molecule has 1 rings (SSSR count). The third-order valence-electron chi connectivity index (χ3n) is 6.04. The summed E-state index contributed by atoms with van der Waals surface area (Å²) in [5, 5.41) is 0.316. The van der Waals surface area contributed by atoms with E-state index in [1.54, 1.807) is 24.3 Å². The lowest BCUT2D eigenvalue weighted by Gasteiger charge is -2.16. The van der Waals surface area contributed by atoms with Gasteiger partial charge in [-0.05, 0) is 98.6 Å². The number of hydrogen-bond acceptors (Lipinski definition) is 2. The Morgan fingerprint density at radius 2 is 1.26 bits per heavy atom. The van der Waals surface area contributed by atoms with Crippen LogP contribution in [0, 0.1) is 0 Å². The van der Waals surface area contributed by atoms with Crippen molar-refractivity contribution in [3.05, 3.63) is 88.6 Å². The highest BCUT2D eigenvalue weighted by atomic mass is 79.9. The molecule has 4 heteroatoms. The highest BCUT2D eigenvalue weighted by molar-refractivity contribution is 9.09. The molecule has 0 fully saturated rings. The molecule has 194 valence electrons. The lowest BCUT2D eigenvalue weighted by Crippen LogP contribution is -2.20. The molecule has 0 aromatic heterocycles. The van der Waals surface area contributed by atoms with Gasteiger partial charge in [-0.1, -0.05) is 92.4 Å². The summed E-state index contributed by atoms with van der Waals surface area (Å²) in [5.74, 6) is 0. The normalized spacial score (nSPS) is 14.7. The average molecular weight is 562 g/mol. The second-order valence-corrected chi connectivity index (χ2v) is 12.6. The SMILES string of the molecule is CC(C)=CCC/C(C)=C/CC/C(C)=C/C(C/C(C)=C/CC/C(C)=C/CBr)S(=O)(=O)c1ccccc1. The van der Waals surface area contributed by atoms with E-state index in [1.807, 2.05) is 12.1 Å². The minimum absolute atomic E-state index is 0.396. The maximum atomic E-state index is 13.5. The smallest absolute Gasteiger partial charge is 0.185 e. The molecule has 0 saturated carbocycles. The van der Waals surface area contributed by atoms with Crippen molar-refractivity contribution in [2.75, 3.05) is 5.33 Å². The van der Waals surface area contributed by atoms with Gasteiger partial charge in [-0.15, -0.1) is 0 Å². The van der Waals surface area contributed by atoms with E-state index in [1.165, 1.54) is 16.7 Å². The Morgan fingerprint density at radius 3 is 1.83 bits per heavy atom. The molecule has 0 amide bonds. The fourth-order valence-corrected chi connectivity index (χ4v) is 6.19. The summed E-state index contributed by atoms with van der Waals surface area (Å²) in [6.45, 7) is 12.7. The Kier molecular flexibility index (Phi) is 15.2. The van der Waals surface area contributed by atoms with Crippen molar-refractivity contribution in [3.63, 3.8) is 0 Å². The van der Waals surface area contributed by atoms with E-state index in [4.69, 9.17) is 0 Å². The Balaban J connectivity index is 2.98. The molecule has 1 unspecified atom stereocenters. The number of rotatable bonds is 15. The average Bonchev–Trinajstić information content (AvgIpc) is 2.79. The van der Waals surface area contributed by atoms with Gasteiger partial charge in [0.25, 0.3) is 0 Å². The third kappa shape index (κ3) is 13.3. The monoisotopic (exact) mass is 560 g/mol. The van der Waals surface area contributed by atoms with Gasteiger partial charge in [0.1, 0.15) is 0 Å². The van der Waals surface area contributed by atoms with Crippen LogP contribution in [0.15, 0.2) is 93.5 Å². The number of hydrogen-bond donors (Lipinski definition) is 0. The molecule has 0 bridgehead atoms. The first kappa shape index (κ1) is 31.4. The molecular formula is C31H45BrO2S. The lowest BCUT2D eigenvalue weighted by molar-refractivity contribution is 0.586. The minimum atomic E-state index is -3.46. The molecule has 0 saturated heterocycles. The maximum Gasteiger partial charge on any atom is 0.185 e. The van der Waals surface area contributed by atoms with Crippen molar-refractivity contribution in [2.45, 2.75) is 96.6 Å². The molecule has 0 aliphatic heterocycles. The second kappa shape index (κ2) is 16.9. The molecule has 0 heterocycles. The molecule has 0 spiro atoms. The maximum absolute atomic E-state index is 13.5. The molecule has 0 aliphatic carbocycles. The zero-order chi connectivity index (χ0) is 26.3. The van der Waals surface area contributed by atoms with Crippen LogP contribution in [-0.4, -0.2) is 19.0 Å². The minimum Gasteiger partial charge on any atom is -0.223 e. The fraction of sp³-hybridized carbons (Fsp3) is 0.484. The second-order valence-electron chi connectivity index (χ2n) is 9.82. The van der Waals surface area contributed by atoms with Crippen LogP contribution in [0.2, 0.25) is 0 Å². The zero-order valence-corrected chi connectivity index (χ0v) is 25.0. The molecule has 2 nitrogen and oxygen atoms in total. The molecule has 0 aliphatic rings. The van der Waals surface area contributed by atoms with Crippen LogP contribution < -0.4 is 0 Å².